The lowest BCUT2D eigenvalue weighted by Crippen LogP contribution is -2.00. The van der Waals surface area contributed by atoms with Gasteiger partial charge >= 0.3 is 0 Å². The van der Waals surface area contributed by atoms with Gasteiger partial charge in [0.25, 0.3) is 0 Å². The maximum absolute atomic E-state index is 10.6. The zero-order chi connectivity index (χ0) is 7.56. The molecule has 0 radical (unpaired) electrons. The van der Waals surface area contributed by atoms with E-state index in [1.54, 1.807) is 0 Å². The maximum Gasteiger partial charge on any atom is 0.226 e. The van der Waals surface area contributed by atoms with Crippen LogP contribution in [0.4, 0.5) is 0 Å². The molecule has 1 rings (SSSR count). The second kappa shape index (κ2) is 2.53. The minimum absolute atomic E-state index is 0.104. The number of aromatic hydroxyl groups is 1. The zero-order valence-corrected chi connectivity index (χ0v) is 5.07. The quantitative estimate of drug-likeness (QED) is 0.571. The number of aliphatic hydroxyl groups excluding tert-OH is 1. The Morgan fingerprint density at radius 2 is 2.30 bits per heavy atom. The Morgan fingerprint density at radius 3 is 2.80 bits per heavy atom. The molecule has 0 bridgehead atoms. The van der Waals surface area contributed by atoms with Crippen LogP contribution in [0.3, 0.4) is 0 Å². The molecule has 0 aromatic carbocycles. The molecule has 10 heavy (non-hydrogen) atoms. The minimum atomic E-state index is -0.546. The van der Waals surface area contributed by atoms with Crippen molar-refractivity contribution in [2.24, 2.45) is 0 Å². The molecule has 0 saturated carbocycles. The minimum Gasteiger partial charge on any atom is -0.502 e. The van der Waals surface area contributed by atoms with Gasteiger partial charge in [-0.1, -0.05) is 0 Å². The van der Waals surface area contributed by atoms with Crippen LogP contribution in [-0.2, 0) is 6.61 Å². The van der Waals surface area contributed by atoms with Crippen molar-refractivity contribution in [3.05, 3.63) is 28.3 Å². The fourth-order valence-electron chi connectivity index (χ4n) is 0.562. The monoisotopic (exact) mass is 142 g/mol. The third kappa shape index (κ3) is 1.01. The van der Waals surface area contributed by atoms with Crippen LogP contribution in [0.5, 0.6) is 5.75 Å². The summed E-state index contributed by atoms with van der Waals surface area (Å²) in [6, 6.07) is 1.08. The molecule has 0 amide bonds. The summed E-state index contributed by atoms with van der Waals surface area (Å²) in [4.78, 5) is 10.6. The van der Waals surface area contributed by atoms with Gasteiger partial charge in [0.05, 0.1) is 6.26 Å². The lowest BCUT2D eigenvalue weighted by molar-refractivity contribution is 0.233. The van der Waals surface area contributed by atoms with E-state index in [0.717, 1.165) is 12.3 Å². The summed E-state index contributed by atoms with van der Waals surface area (Å²) in [5.74, 6) is -0.627. The van der Waals surface area contributed by atoms with Crippen LogP contribution in [0, 0.1) is 0 Å². The van der Waals surface area contributed by atoms with Crippen molar-refractivity contribution in [3.8, 4) is 5.75 Å². The number of hydrogen-bond donors (Lipinski definition) is 2. The molecular formula is C6H6O4. The van der Waals surface area contributed by atoms with Crippen LogP contribution >= 0.6 is 0 Å². The van der Waals surface area contributed by atoms with Crippen LogP contribution in [0.1, 0.15) is 5.76 Å². The molecule has 1 aromatic rings. The van der Waals surface area contributed by atoms with Gasteiger partial charge in [-0.15, -0.1) is 0 Å². The molecule has 0 aliphatic rings. The summed E-state index contributed by atoms with van der Waals surface area (Å²) in [5.41, 5.74) is -0.546. The van der Waals surface area contributed by atoms with Gasteiger partial charge in [-0.3, -0.25) is 4.79 Å². The average molecular weight is 142 g/mol. The molecule has 0 unspecified atom stereocenters. The highest BCUT2D eigenvalue weighted by Gasteiger charge is 2.03. The molecule has 0 aliphatic carbocycles. The molecule has 4 nitrogen and oxygen atoms in total. The van der Waals surface area contributed by atoms with Gasteiger partial charge in [-0.05, 0) is 0 Å². The van der Waals surface area contributed by atoms with Crippen LogP contribution in [0.25, 0.3) is 0 Å². The van der Waals surface area contributed by atoms with Crippen molar-refractivity contribution >= 4 is 0 Å². The Kier molecular flexibility index (Phi) is 1.73. The van der Waals surface area contributed by atoms with Crippen LogP contribution < -0.4 is 5.43 Å². The van der Waals surface area contributed by atoms with Gasteiger partial charge in [0.1, 0.15) is 6.61 Å². The third-order valence-corrected chi connectivity index (χ3v) is 1.07. The second-order valence-corrected chi connectivity index (χ2v) is 1.71. The van der Waals surface area contributed by atoms with E-state index in [2.05, 4.69) is 4.42 Å². The van der Waals surface area contributed by atoms with E-state index < -0.39 is 17.8 Å². The lowest BCUT2D eigenvalue weighted by Gasteiger charge is -1.94. The first-order valence-electron chi connectivity index (χ1n) is 2.66. The van der Waals surface area contributed by atoms with E-state index in [1.165, 1.54) is 0 Å². The molecule has 0 aliphatic heterocycles. The molecule has 4 heteroatoms. The first-order valence-corrected chi connectivity index (χ1v) is 2.66. The third-order valence-electron chi connectivity index (χ3n) is 1.07. The van der Waals surface area contributed by atoms with E-state index in [0.29, 0.717) is 0 Å². The highest BCUT2D eigenvalue weighted by atomic mass is 16.4. The molecule has 0 fully saturated rings. The fourth-order valence-corrected chi connectivity index (χ4v) is 0.562. The largest absolute Gasteiger partial charge is 0.502 e. The van der Waals surface area contributed by atoms with Crippen LogP contribution in [-0.4, -0.2) is 10.2 Å². The first kappa shape index (κ1) is 6.82. The van der Waals surface area contributed by atoms with Crippen molar-refractivity contribution in [2.45, 2.75) is 6.61 Å². The summed E-state index contributed by atoms with van der Waals surface area (Å²) in [5, 5.41) is 17.3. The predicted octanol–water partition coefficient (Wildman–Crippen LogP) is -0.162. The van der Waals surface area contributed by atoms with E-state index in [1.807, 2.05) is 0 Å². The molecule has 0 atom stereocenters. The summed E-state index contributed by atoms with van der Waals surface area (Å²) in [6.45, 7) is -0.470. The van der Waals surface area contributed by atoms with E-state index in [4.69, 9.17) is 10.2 Å². The molecule has 54 valence electrons. The van der Waals surface area contributed by atoms with Gasteiger partial charge in [-0.25, -0.2) is 0 Å². The maximum atomic E-state index is 10.6. The predicted molar refractivity (Wildman–Crippen MR) is 32.6 cm³/mol. The van der Waals surface area contributed by atoms with Gasteiger partial charge < -0.3 is 14.6 Å². The summed E-state index contributed by atoms with van der Waals surface area (Å²) in [6.07, 6.45) is 1.12. The lowest BCUT2D eigenvalue weighted by atomic mass is 10.3. The Morgan fingerprint density at radius 1 is 1.60 bits per heavy atom. The summed E-state index contributed by atoms with van der Waals surface area (Å²) >= 11 is 0. The Hall–Kier alpha value is -1.29. The molecular weight excluding hydrogens is 136 g/mol. The number of hydrogen-bond acceptors (Lipinski definition) is 4. The standard InChI is InChI=1S/C6H6O4/c7-3-5-6(9)4(8)1-2-10-5/h1-2,7,9H,3H2. The normalized spacial score (nSPS) is 9.70. The van der Waals surface area contributed by atoms with Gasteiger partial charge in [0, 0.05) is 6.07 Å². The zero-order valence-electron chi connectivity index (χ0n) is 5.07. The molecule has 2 N–H and O–H groups in total. The summed E-state index contributed by atoms with van der Waals surface area (Å²) < 4.78 is 4.59. The first-order chi connectivity index (χ1) is 4.75. The Balaban J connectivity index is 3.28. The molecule has 0 spiro atoms. The van der Waals surface area contributed by atoms with Crippen molar-refractivity contribution < 1.29 is 14.6 Å². The molecule has 1 aromatic heterocycles. The smallest absolute Gasteiger partial charge is 0.226 e. The Bertz CT molecular complexity index is 275. The van der Waals surface area contributed by atoms with E-state index in [-0.39, 0.29) is 5.76 Å². The van der Waals surface area contributed by atoms with Crippen molar-refractivity contribution in [1.82, 2.24) is 0 Å². The van der Waals surface area contributed by atoms with E-state index in [9.17, 15) is 4.79 Å². The summed E-state index contributed by atoms with van der Waals surface area (Å²) in [7, 11) is 0. The van der Waals surface area contributed by atoms with E-state index >= 15 is 0 Å². The molecule has 0 saturated heterocycles. The van der Waals surface area contributed by atoms with Crippen molar-refractivity contribution in [1.29, 1.82) is 0 Å². The van der Waals surface area contributed by atoms with Crippen LogP contribution in [0.15, 0.2) is 21.5 Å². The van der Waals surface area contributed by atoms with Crippen LogP contribution in [0.2, 0.25) is 0 Å². The molecule has 1 heterocycles. The van der Waals surface area contributed by atoms with Crippen molar-refractivity contribution in [3.63, 3.8) is 0 Å². The van der Waals surface area contributed by atoms with Gasteiger partial charge in [-0.2, -0.15) is 0 Å². The average Bonchev–Trinajstić information content (AvgIpc) is 1.95. The number of aliphatic hydroxyl groups is 1. The second-order valence-electron chi connectivity index (χ2n) is 1.71. The van der Waals surface area contributed by atoms with Gasteiger partial charge in [0.15, 0.2) is 5.76 Å². The fraction of sp³-hybridized carbons (Fsp3) is 0.167. The highest BCUT2D eigenvalue weighted by Crippen LogP contribution is 2.08. The number of rotatable bonds is 1. The highest BCUT2D eigenvalue weighted by molar-refractivity contribution is 5.21. The Labute approximate surface area is 56.4 Å². The SMILES string of the molecule is O=c1ccoc(CO)c1O. The van der Waals surface area contributed by atoms with Crippen molar-refractivity contribution in [2.75, 3.05) is 0 Å². The van der Waals surface area contributed by atoms with Gasteiger partial charge in [0.2, 0.25) is 11.2 Å². The topological polar surface area (TPSA) is 70.7 Å².